The predicted molar refractivity (Wildman–Crippen MR) is 128 cm³/mol. The van der Waals surface area contributed by atoms with Gasteiger partial charge in [0, 0.05) is 50.2 Å². The van der Waals surface area contributed by atoms with E-state index in [4.69, 9.17) is 16.3 Å². The van der Waals surface area contributed by atoms with Crippen molar-refractivity contribution in [1.29, 1.82) is 0 Å². The molecule has 0 saturated carbocycles. The third-order valence-corrected chi connectivity index (χ3v) is 5.39. The molecule has 182 valence electrons. The number of carbonyl (C=O) groups excluding carboxylic acids is 1. The van der Waals surface area contributed by atoms with Crippen molar-refractivity contribution in [3.8, 4) is 11.6 Å². The third-order valence-electron chi connectivity index (χ3n) is 5.06. The predicted octanol–water partition coefficient (Wildman–Crippen LogP) is 5.00. The maximum absolute atomic E-state index is 13.0. The Labute approximate surface area is 204 Å². The first-order valence-corrected chi connectivity index (χ1v) is 11.1. The fourth-order valence-corrected chi connectivity index (χ4v) is 3.61. The first-order chi connectivity index (χ1) is 16.8. The molecule has 35 heavy (non-hydrogen) atoms. The van der Waals surface area contributed by atoms with E-state index in [1.165, 1.54) is 18.2 Å². The van der Waals surface area contributed by atoms with Crippen LogP contribution in [0.4, 0.5) is 24.8 Å². The SMILES string of the molecule is O=C(C=Cc1cccc(Oc2ccnc(N3CCNCC3)n2)c1)Nc1ccc(Cl)c(C(F)(F)F)c1. The third kappa shape index (κ3) is 6.71. The molecule has 1 aliphatic heterocycles. The zero-order valence-corrected chi connectivity index (χ0v) is 19.1. The molecule has 0 bridgehead atoms. The summed E-state index contributed by atoms with van der Waals surface area (Å²) in [6.45, 7) is 3.33. The molecule has 0 unspecified atom stereocenters. The highest BCUT2D eigenvalue weighted by Crippen LogP contribution is 2.36. The minimum absolute atomic E-state index is 0.0162. The first-order valence-electron chi connectivity index (χ1n) is 10.7. The lowest BCUT2D eigenvalue weighted by Crippen LogP contribution is -2.44. The largest absolute Gasteiger partial charge is 0.439 e. The number of nitrogens with one attached hydrogen (secondary N) is 2. The van der Waals surface area contributed by atoms with Gasteiger partial charge in [-0.1, -0.05) is 23.7 Å². The Morgan fingerprint density at radius 2 is 1.94 bits per heavy atom. The van der Waals surface area contributed by atoms with Crippen LogP contribution < -0.4 is 20.3 Å². The Bertz CT molecular complexity index is 1230. The van der Waals surface area contributed by atoms with Crippen molar-refractivity contribution in [3.63, 3.8) is 0 Å². The summed E-state index contributed by atoms with van der Waals surface area (Å²) < 4.78 is 44.9. The number of benzene rings is 2. The quantitative estimate of drug-likeness (QED) is 0.461. The summed E-state index contributed by atoms with van der Waals surface area (Å²) in [7, 11) is 0. The number of nitrogens with zero attached hydrogens (tertiary/aromatic N) is 3. The van der Waals surface area contributed by atoms with Gasteiger partial charge in [-0.25, -0.2) is 4.98 Å². The molecule has 0 spiro atoms. The van der Waals surface area contributed by atoms with Gasteiger partial charge in [0.1, 0.15) is 5.75 Å². The number of amides is 1. The van der Waals surface area contributed by atoms with E-state index in [1.54, 1.807) is 36.5 Å². The number of hydrogen-bond donors (Lipinski definition) is 2. The van der Waals surface area contributed by atoms with Crippen molar-refractivity contribution < 1.29 is 22.7 Å². The van der Waals surface area contributed by atoms with Gasteiger partial charge < -0.3 is 20.3 Å². The molecule has 2 aromatic carbocycles. The molecule has 0 radical (unpaired) electrons. The molecular weight excluding hydrogens is 483 g/mol. The summed E-state index contributed by atoms with van der Waals surface area (Å²) in [4.78, 5) is 23.1. The van der Waals surface area contributed by atoms with Gasteiger partial charge in [0.25, 0.3) is 0 Å². The Kier molecular flexibility index (Phi) is 7.52. The molecule has 0 atom stereocenters. The van der Waals surface area contributed by atoms with Crippen LogP contribution in [0.5, 0.6) is 11.6 Å². The van der Waals surface area contributed by atoms with Gasteiger partial charge >= 0.3 is 6.18 Å². The van der Waals surface area contributed by atoms with Crippen LogP contribution in [0.15, 0.2) is 60.8 Å². The number of carbonyl (C=O) groups is 1. The summed E-state index contributed by atoms with van der Waals surface area (Å²) in [6, 6.07) is 11.8. The summed E-state index contributed by atoms with van der Waals surface area (Å²) in [5.41, 5.74) is -0.380. The first kappa shape index (κ1) is 24.5. The van der Waals surface area contributed by atoms with E-state index in [2.05, 4.69) is 25.5 Å². The average molecular weight is 504 g/mol. The van der Waals surface area contributed by atoms with Gasteiger partial charge in [-0.3, -0.25) is 4.79 Å². The minimum atomic E-state index is -4.62. The maximum atomic E-state index is 13.0. The lowest BCUT2D eigenvalue weighted by Gasteiger charge is -2.27. The van der Waals surface area contributed by atoms with Crippen molar-refractivity contribution in [2.75, 3.05) is 36.4 Å². The van der Waals surface area contributed by atoms with Gasteiger partial charge in [-0.15, -0.1) is 0 Å². The van der Waals surface area contributed by atoms with Gasteiger partial charge in [0.2, 0.25) is 17.7 Å². The van der Waals surface area contributed by atoms with Crippen LogP contribution in [-0.2, 0) is 11.0 Å². The van der Waals surface area contributed by atoms with Crippen LogP contribution in [0.3, 0.4) is 0 Å². The van der Waals surface area contributed by atoms with Crippen molar-refractivity contribution in [2.45, 2.75) is 6.18 Å². The molecule has 1 fully saturated rings. The number of ether oxygens (including phenoxy) is 1. The van der Waals surface area contributed by atoms with Crippen LogP contribution in [0.1, 0.15) is 11.1 Å². The highest BCUT2D eigenvalue weighted by Gasteiger charge is 2.33. The smallest absolute Gasteiger partial charge is 0.417 e. The van der Waals surface area contributed by atoms with Gasteiger partial charge in [0.05, 0.1) is 10.6 Å². The molecule has 2 heterocycles. The van der Waals surface area contributed by atoms with Gasteiger partial charge in [0.15, 0.2) is 0 Å². The lowest BCUT2D eigenvalue weighted by atomic mass is 10.2. The molecule has 1 aromatic heterocycles. The molecule has 2 N–H and O–H groups in total. The highest BCUT2D eigenvalue weighted by atomic mass is 35.5. The number of rotatable bonds is 6. The molecule has 3 aromatic rings. The van der Waals surface area contributed by atoms with Crippen LogP contribution >= 0.6 is 11.6 Å². The molecule has 1 aliphatic rings. The fraction of sp³-hybridized carbons (Fsp3) is 0.208. The topological polar surface area (TPSA) is 79.4 Å². The summed E-state index contributed by atoms with van der Waals surface area (Å²) >= 11 is 5.61. The van der Waals surface area contributed by atoms with Crippen LogP contribution in [0.2, 0.25) is 5.02 Å². The molecule has 11 heteroatoms. The highest BCUT2D eigenvalue weighted by molar-refractivity contribution is 6.31. The minimum Gasteiger partial charge on any atom is -0.439 e. The second-order valence-electron chi connectivity index (χ2n) is 7.62. The summed E-state index contributed by atoms with van der Waals surface area (Å²) in [5, 5.41) is 5.24. The fourth-order valence-electron chi connectivity index (χ4n) is 3.38. The number of aromatic nitrogens is 2. The van der Waals surface area contributed by atoms with Crippen molar-refractivity contribution in [2.24, 2.45) is 0 Å². The van der Waals surface area contributed by atoms with E-state index in [0.29, 0.717) is 23.1 Å². The summed E-state index contributed by atoms with van der Waals surface area (Å²) in [6.07, 6.45) is -0.249. The Hall–Kier alpha value is -3.63. The van der Waals surface area contributed by atoms with E-state index >= 15 is 0 Å². The van der Waals surface area contributed by atoms with Crippen LogP contribution in [0.25, 0.3) is 6.08 Å². The zero-order valence-electron chi connectivity index (χ0n) is 18.3. The molecule has 0 aliphatic carbocycles. The maximum Gasteiger partial charge on any atom is 0.417 e. The Morgan fingerprint density at radius 1 is 1.14 bits per heavy atom. The monoisotopic (exact) mass is 503 g/mol. The number of hydrogen-bond acceptors (Lipinski definition) is 6. The number of alkyl halides is 3. The molecule has 1 amide bonds. The van der Waals surface area contributed by atoms with E-state index in [0.717, 1.165) is 38.3 Å². The van der Waals surface area contributed by atoms with E-state index in [-0.39, 0.29) is 5.69 Å². The lowest BCUT2D eigenvalue weighted by molar-refractivity contribution is -0.137. The van der Waals surface area contributed by atoms with Crippen molar-refractivity contribution in [3.05, 3.63) is 77.0 Å². The number of halogens is 4. The van der Waals surface area contributed by atoms with Crippen molar-refractivity contribution >= 4 is 35.2 Å². The Morgan fingerprint density at radius 3 is 2.71 bits per heavy atom. The van der Waals surface area contributed by atoms with Crippen molar-refractivity contribution in [1.82, 2.24) is 15.3 Å². The van der Waals surface area contributed by atoms with E-state index < -0.39 is 22.7 Å². The summed E-state index contributed by atoms with van der Waals surface area (Å²) in [5.74, 6) is 0.886. The molecule has 4 rings (SSSR count). The zero-order chi connectivity index (χ0) is 24.8. The molecular formula is C24H21ClF3N5O2. The number of anilines is 2. The molecule has 7 nitrogen and oxygen atoms in total. The average Bonchev–Trinajstić information content (AvgIpc) is 2.84. The van der Waals surface area contributed by atoms with Crippen LogP contribution in [0, 0.1) is 0 Å². The number of piperazine rings is 1. The standard InChI is InChI=1S/C24H21ClF3N5O2/c25-20-6-5-17(15-19(20)24(26,27)28)31-21(34)7-4-16-2-1-3-18(14-16)35-22-8-9-30-23(32-22)33-12-10-29-11-13-33/h1-9,14-15,29H,10-13H2,(H,31,34). The van der Waals surface area contributed by atoms with Crippen LogP contribution in [-0.4, -0.2) is 42.1 Å². The normalized spacial score (nSPS) is 14.2. The second kappa shape index (κ2) is 10.7. The molecule has 1 saturated heterocycles. The van der Waals surface area contributed by atoms with Gasteiger partial charge in [-0.2, -0.15) is 18.2 Å². The van der Waals surface area contributed by atoms with Gasteiger partial charge in [-0.05, 0) is 42.0 Å². The Balaban J connectivity index is 1.40. The van der Waals surface area contributed by atoms with E-state index in [9.17, 15) is 18.0 Å². The second-order valence-corrected chi connectivity index (χ2v) is 8.03. The van der Waals surface area contributed by atoms with E-state index in [1.807, 2.05) is 0 Å².